The number of hydrogen-bond donors (Lipinski definition) is 1. The summed E-state index contributed by atoms with van der Waals surface area (Å²) in [4.78, 5) is 0. The number of ether oxygens (including phenoxy) is 1. The molecule has 156 valence electrons. The maximum Gasteiger partial charge on any atom is 0.136 e. The summed E-state index contributed by atoms with van der Waals surface area (Å²) in [6, 6.07) is 11.1. The molecule has 0 aliphatic rings. The minimum atomic E-state index is -0.303. The Balaban J connectivity index is 1.72. The molecule has 1 aromatic heterocycles. The Hall–Kier alpha value is -1.92. The van der Waals surface area contributed by atoms with Crippen molar-refractivity contribution >= 4 is 26.8 Å². The zero-order chi connectivity index (χ0) is 20.6. The lowest BCUT2D eigenvalue weighted by Gasteiger charge is -2.08. The van der Waals surface area contributed by atoms with E-state index in [-0.39, 0.29) is 5.82 Å². The topological polar surface area (TPSA) is 39.1 Å². The summed E-state index contributed by atoms with van der Waals surface area (Å²) in [6.07, 6.45) is 5.43. The largest absolute Gasteiger partial charge is 0.493 e. The van der Waals surface area contributed by atoms with E-state index in [2.05, 4.69) is 28.2 Å². The summed E-state index contributed by atoms with van der Waals surface area (Å²) in [6.45, 7) is 4.57. The second-order valence-electron chi connectivity index (χ2n) is 7.24. The molecule has 0 unspecified atom stereocenters. The molecule has 0 amide bonds. The number of aromatic nitrogens is 2. The van der Waals surface area contributed by atoms with Crippen molar-refractivity contribution < 1.29 is 9.13 Å². The third-order valence-electron chi connectivity index (χ3n) is 4.93. The summed E-state index contributed by atoms with van der Waals surface area (Å²) in [7, 11) is 1.97. The minimum Gasteiger partial charge on any atom is -0.493 e. The van der Waals surface area contributed by atoms with Gasteiger partial charge in [-0.15, -0.1) is 0 Å². The van der Waals surface area contributed by atoms with Gasteiger partial charge in [-0.2, -0.15) is 5.10 Å². The maximum absolute atomic E-state index is 14.9. The summed E-state index contributed by atoms with van der Waals surface area (Å²) in [5.74, 6) is 0.268. The smallest absolute Gasteiger partial charge is 0.136 e. The Bertz CT molecular complexity index is 941. The molecule has 3 rings (SSSR count). The second kappa shape index (κ2) is 10.7. The van der Waals surface area contributed by atoms with Gasteiger partial charge in [-0.1, -0.05) is 35.7 Å². The SMILES string of the molecule is CCCn1nc(-c2ccc(OCCCCCCNC)cc2F)c2ccc(Br)cc21. The number of unbranched alkanes of at least 4 members (excludes halogenated alkanes) is 3. The number of fused-ring (bicyclic) bond motifs is 1. The van der Waals surface area contributed by atoms with Crippen LogP contribution in [0.3, 0.4) is 0 Å². The van der Waals surface area contributed by atoms with Gasteiger partial charge in [-0.3, -0.25) is 4.68 Å². The second-order valence-corrected chi connectivity index (χ2v) is 8.16. The van der Waals surface area contributed by atoms with Crippen LogP contribution >= 0.6 is 15.9 Å². The van der Waals surface area contributed by atoms with Crippen molar-refractivity contribution in [1.82, 2.24) is 15.1 Å². The molecule has 0 aliphatic carbocycles. The molecule has 2 aromatic carbocycles. The van der Waals surface area contributed by atoms with Crippen molar-refractivity contribution in [3.05, 3.63) is 46.7 Å². The monoisotopic (exact) mass is 461 g/mol. The lowest BCUT2D eigenvalue weighted by atomic mass is 10.1. The van der Waals surface area contributed by atoms with Crippen molar-refractivity contribution in [2.45, 2.75) is 45.6 Å². The standard InChI is InChI=1S/C23H29BrFN3O/c1-3-13-28-22-15-17(24)8-10-20(22)23(27-28)19-11-9-18(16-21(19)25)29-14-7-5-4-6-12-26-2/h8-11,15-16,26H,3-7,12-14H2,1-2H3. The van der Waals surface area contributed by atoms with Gasteiger partial charge < -0.3 is 10.1 Å². The molecule has 0 spiro atoms. The quantitative estimate of drug-likeness (QED) is 0.346. The normalized spacial score (nSPS) is 11.3. The average molecular weight is 462 g/mol. The zero-order valence-corrected chi connectivity index (χ0v) is 18.8. The van der Waals surface area contributed by atoms with Gasteiger partial charge in [0.15, 0.2) is 0 Å². The molecule has 0 aliphatic heterocycles. The van der Waals surface area contributed by atoms with Crippen LogP contribution in [0.25, 0.3) is 22.2 Å². The van der Waals surface area contributed by atoms with Crippen LogP contribution in [-0.4, -0.2) is 30.0 Å². The molecule has 1 N–H and O–H groups in total. The highest BCUT2D eigenvalue weighted by atomic mass is 79.9. The molecule has 29 heavy (non-hydrogen) atoms. The number of nitrogens with one attached hydrogen (secondary N) is 1. The van der Waals surface area contributed by atoms with Gasteiger partial charge in [0.05, 0.1) is 12.1 Å². The number of halogens is 2. The first-order chi connectivity index (χ1) is 14.1. The molecule has 0 atom stereocenters. The van der Waals surface area contributed by atoms with Crippen molar-refractivity contribution in [2.75, 3.05) is 20.2 Å². The third-order valence-corrected chi connectivity index (χ3v) is 5.43. The first-order valence-electron chi connectivity index (χ1n) is 10.4. The van der Waals surface area contributed by atoms with Crippen molar-refractivity contribution in [3.8, 4) is 17.0 Å². The van der Waals surface area contributed by atoms with Crippen molar-refractivity contribution in [3.63, 3.8) is 0 Å². The van der Waals surface area contributed by atoms with E-state index in [1.54, 1.807) is 6.07 Å². The fourth-order valence-electron chi connectivity index (χ4n) is 3.45. The van der Waals surface area contributed by atoms with E-state index in [9.17, 15) is 4.39 Å². The van der Waals surface area contributed by atoms with Crippen LogP contribution in [0.2, 0.25) is 0 Å². The predicted octanol–water partition coefficient (Wildman–Crippen LogP) is 6.17. The molecule has 0 bridgehead atoms. The van der Waals surface area contributed by atoms with E-state index in [0.29, 0.717) is 23.6 Å². The van der Waals surface area contributed by atoms with Gasteiger partial charge in [-0.25, -0.2) is 4.39 Å². The highest BCUT2D eigenvalue weighted by Crippen LogP contribution is 2.33. The number of rotatable bonds is 11. The summed E-state index contributed by atoms with van der Waals surface area (Å²) >= 11 is 3.52. The van der Waals surface area contributed by atoms with Gasteiger partial charge >= 0.3 is 0 Å². The molecule has 0 saturated heterocycles. The Morgan fingerprint density at radius 3 is 2.69 bits per heavy atom. The zero-order valence-electron chi connectivity index (χ0n) is 17.2. The number of aryl methyl sites for hydroxylation is 1. The van der Waals surface area contributed by atoms with Gasteiger partial charge in [0.1, 0.15) is 17.3 Å². The van der Waals surface area contributed by atoms with Crippen LogP contribution in [0.15, 0.2) is 40.9 Å². The van der Waals surface area contributed by atoms with E-state index in [4.69, 9.17) is 9.84 Å². The van der Waals surface area contributed by atoms with E-state index in [1.165, 1.54) is 18.9 Å². The molecule has 0 radical (unpaired) electrons. The van der Waals surface area contributed by atoms with Gasteiger partial charge in [0.2, 0.25) is 0 Å². The van der Waals surface area contributed by atoms with E-state index in [0.717, 1.165) is 47.7 Å². The van der Waals surface area contributed by atoms with Crippen LogP contribution in [0.5, 0.6) is 5.75 Å². The van der Waals surface area contributed by atoms with Crippen molar-refractivity contribution in [1.29, 1.82) is 0 Å². The molecular formula is C23H29BrFN3O. The summed E-state index contributed by atoms with van der Waals surface area (Å²) in [5.41, 5.74) is 2.19. The molecule has 4 nitrogen and oxygen atoms in total. The summed E-state index contributed by atoms with van der Waals surface area (Å²) in [5, 5.41) is 8.81. The average Bonchev–Trinajstić information content (AvgIpc) is 3.05. The number of nitrogens with zero attached hydrogens (tertiary/aromatic N) is 2. The Kier molecular flexibility index (Phi) is 8.07. The van der Waals surface area contributed by atoms with Gasteiger partial charge in [0, 0.05) is 28.0 Å². The molecule has 3 aromatic rings. The minimum absolute atomic E-state index is 0.303. The first kappa shape index (κ1) is 21.8. The molecular weight excluding hydrogens is 433 g/mol. The molecule has 0 saturated carbocycles. The van der Waals surface area contributed by atoms with E-state index in [1.807, 2.05) is 36.0 Å². The fraction of sp³-hybridized carbons (Fsp3) is 0.435. The van der Waals surface area contributed by atoms with Crippen LogP contribution in [0.1, 0.15) is 39.0 Å². The third kappa shape index (κ3) is 5.58. The Morgan fingerprint density at radius 2 is 1.93 bits per heavy atom. The van der Waals surface area contributed by atoms with Gasteiger partial charge in [0.25, 0.3) is 0 Å². The highest BCUT2D eigenvalue weighted by molar-refractivity contribution is 9.10. The first-order valence-corrected chi connectivity index (χ1v) is 11.2. The predicted molar refractivity (Wildman–Crippen MR) is 121 cm³/mol. The van der Waals surface area contributed by atoms with Crippen LogP contribution in [0.4, 0.5) is 4.39 Å². The molecule has 6 heteroatoms. The highest BCUT2D eigenvalue weighted by Gasteiger charge is 2.16. The van der Waals surface area contributed by atoms with Crippen LogP contribution < -0.4 is 10.1 Å². The maximum atomic E-state index is 14.9. The number of hydrogen-bond acceptors (Lipinski definition) is 3. The van der Waals surface area contributed by atoms with Gasteiger partial charge in [-0.05, 0) is 63.2 Å². The van der Waals surface area contributed by atoms with E-state index >= 15 is 0 Å². The lowest BCUT2D eigenvalue weighted by Crippen LogP contribution is -2.07. The van der Waals surface area contributed by atoms with E-state index < -0.39 is 0 Å². The Labute approximate surface area is 180 Å². The van der Waals surface area contributed by atoms with Crippen LogP contribution in [0, 0.1) is 5.82 Å². The van der Waals surface area contributed by atoms with Crippen molar-refractivity contribution in [2.24, 2.45) is 0 Å². The molecule has 1 heterocycles. The fourth-order valence-corrected chi connectivity index (χ4v) is 3.80. The molecule has 0 fully saturated rings. The van der Waals surface area contributed by atoms with Crippen LogP contribution in [-0.2, 0) is 6.54 Å². The Morgan fingerprint density at radius 1 is 1.10 bits per heavy atom. The summed E-state index contributed by atoms with van der Waals surface area (Å²) < 4.78 is 23.6. The lowest BCUT2D eigenvalue weighted by molar-refractivity contribution is 0.303. The number of benzene rings is 2.